The van der Waals surface area contributed by atoms with E-state index in [9.17, 15) is 23.1 Å². The number of hydrogen-bond acceptors (Lipinski definition) is 8. The van der Waals surface area contributed by atoms with E-state index in [1.807, 2.05) is 6.92 Å². The van der Waals surface area contributed by atoms with Crippen LogP contribution in [0.25, 0.3) is 0 Å². The molecule has 0 unspecified atom stereocenters. The summed E-state index contributed by atoms with van der Waals surface area (Å²) in [6, 6.07) is 17.0. The zero-order valence-electron chi connectivity index (χ0n) is 26.0. The minimum atomic E-state index is -3.87. The van der Waals surface area contributed by atoms with Crippen molar-refractivity contribution in [3.05, 3.63) is 72.3 Å². The summed E-state index contributed by atoms with van der Waals surface area (Å²) < 4.78 is 44.9. The molecule has 0 radical (unpaired) electrons. The minimum Gasteiger partial charge on any atom is -0.497 e. The fourth-order valence-electron chi connectivity index (χ4n) is 4.97. The Kier molecular flexibility index (Phi) is 10.9. The van der Waals surface area contributed by atoms with Gasteiger partial charge >= 0.3 is 6.03 Å². The zero-order chi connectivity index (χ0) is 32.7. The highest BCUT2D eigenvalue weighted by Gasteiger charge is 2.33. The van der Waals surface area contributed by atoms with Crippen LogP contribution in [-0.2, 0) is 21.2 Å². The number of hydrogen-bond donors (Lipinski definition) is 3. The standard InChI is InChI=1S/C32H40N4O8S/c1-21-18-36(22(2)20-37)31(38)17-23-16-25(34-32(39)33-24-6-9-26(42-4)10-7-24)8-15-29(23)44-30(21)19-35(3)45(40,41)28-13-11-27(43-5)12-14-28/h6-16,21-22,30,37H,17-20H2,1-5H3,(H2,33,34,39)/t21-,22+,30-/m1/s1. The lowest BCUT2D eigenvalue weighted by Crippen LogP contribution is -2.48. The molecule has 45 heavy (non-hydrogen) atoms. The Balaban J connectivity index is 1.59. The van der Waals surface area contributed by atoms with E-state index in [0.717, 1.165) is 0 Å². The number of methoxy groups -OCH3 is 2. The fourth-order valence-corrected chi connectivity index (χ4v) is 6.16. The maximum absolute atomic E-state index is 13.5. The molecule has 0 saturated carbocycles. The quantitative estimate of drug-likeness (QED) is 0.303. The molecule has 3 atom stereocenters. The third kappa shape index (κ3) is 8.24. The number of amides is 3. The van der Waals surface area contributed by atoms with Crippen LogP contribution in [0.3, 0.4) is 0 Å². The van der Waals surface area contributed by atoms with Gasteiger partial charge in [0.2, 0.25) is 15.9 Å². The first-order valence-corrected chi connectivity index (χ1v) is 15.9. The van der Waals surface area contributed by atoms with Gasteiger partial charge in [-0.15, -0.1) is 0 Å². The van der Waals surface area contributed by atoms with Crippen molar-refractivity contribution in [2.24, 2.45) is 5.92 Å². The first-order chi connectivity index (χ1) is 21.4. The van der Waals surface area contributed by atoms with Gasteiger partial charge < -0.3 is 34.9 Å². The molecule has 3 amide bonds. The van der Waals surface area contributed by atoms with E-state index in [2.05, 4.69) is 10.6 Å². The second kappa shape index (κ2) is 14.6. The van der Waals surface area contributed by atoms with Crippen molar-refractivity contribution in [2.75, 3.05) is 51.6 Å². The van der Waals surface area contributed by atoms with E-state index in [1.54, 1.807) is 73.5 Å². The smallest absolute Gasteiger partial charge is 0.323 e. The first kappa shape index (κ1) is 33.6. The first-order valence-electron chi connectivity index (χ1n) is 14.5. The molecule has 0 fully saturated rings. The van der Waals surface area contributed by atoms with Crippen molar-refractivity contribution in [3.8, 4) is 17.2 Å². The fraction of sp³-hybridized carbons (Fsp3) is 0.375. The lowest BCUT2D eigenvalue weighted by atomic mass is 10.0. The van der Waals surface area contributed by atoms with Crippen LogP contribution in [0.4, 0.5) is 16.2 Å². The van der Waals surface area contributed by atoms with Gasteiger partial charge in [-0.25, -0.2) is 13.2 Å². The van der Waals surface area contributed by atoms with Crippen molar-refractivity contribution in [2.45, 2.75) is 37.3 Å². The van der Waals surface area contributed by atoms with Gasteiger partial charge in [-0.1, -0.05) is 6.92 Å². The summed E-state index contributed by atoms with van der Waals surface area (Å²) in [5.74, 6) is 1.06. The lowest BCUT2D eigenvalue weighted by Gasteiger charge is -2.33. The number of likely N-dealkylation sites (N-methyl/N-ethyl adjacent to an activating group) is 1. The Morgan fingerprint density at radius 3 is 2.20 bits per heavy atom. The number of aliphatic hydroxyl groups excluding tert-OH is 1. The van der Waals surface area contributed by atoms with Crippen LogP contribution in [0.2, 0.25) is 0 Å². The van der Waals surface area contributed by atoms with Crippen LogP contribution in [0.15, 0.2) is 71.6 Å². The van der Waals surface area contributed by atoms with E-state index in [-0.39, 0.29) is 42.8 Å². The molecule has 3 aromatic carbocycles. The molecule has 0 bridgehead atoms. The van der Waals surface area contributed by atoms with Gasteiger partial charge in [-0.3, -0.25) is 4.79 Å². The van der Waals surface area contributed by atoms with E-state index >= 15 is 0 Å². The highest BCUT2D eigenvalue weighted by molar-refractivity contribution is 7.89. The number of aliphatic hydroxyl groups is 1. The van der Waals surface area contributed by atoms with Gasteiger partial charge in [0, 0.05) is 36.4 Å². The average molecular weight is 641 g/mol. The van der Waals surface area contributed by atoms with Crippen LogP contribution in [-0.4, -0.2) is 87.8 Å². The Bertz CT molecular complexity index is 1580. The molecule has 0 saturated heterocycles. The second-order valence-electron chi connectivity index (χ2n) is 11.0. The van der Waals surface area contributed by atoms with E-state index in [4.69, 9.17) is 14.2 Å². The number of sulfonamides is 1. The SMILES string of the molecule is COc1ccc(NC(=O)Nc2ccc3c(c2)CC(=O)N([C@@H](C)CO)C[C@@H](C)[C@@H](CN(C)S(=O)(=O)c2ccc(OC)cc2)O3)cc1. The zero-order valence-corrected chi connectivity index (χ0v) is 26.8. The monoisotopic (exact) mass is 640 g/mol. The Labute approximate surface area is 263 Å². The number of rotatable bonds is 10. The lowest BCUT2D eigenvalue weighted by molar-refractivity contribution is -0.134. The molecule has 4 rings (SSSR count). The number of nitrogens with one attached hydrogen (secondary N) is 2. The summed E-state index contributed by atoms with van der Waals surface area (Å²) in [7, 11) is 0.671. The topological polar surface area (TPSA) is 147 Å². The minimum absolute atomic E-state index is 0.00518. The summed E-state index contributed by atoms with van der Waals surface area (Å²) in [6.07, 6.45) is -0.701. The van der Waals surface area contributed by atoms with Gasteiger partial charge in [0.15, 0.2) is 0 Å². The summed E-state index contributed by atoms with van der Waals surface area (Å²) in [5.41, 5.74) is 1.51. The highest BCUT2D eigenvalue weighted by atomic mass is 32.2. The maximum Gasteiger partial charge on any atom is 0.323 e. The Hall–Kier alpha value is -4.33. The highest BCUT2D eigenvalue weighted by Crippen LogP contribution is 2.30. The van der Waals surface area contributed by atoms with E-state index < -0.39 is 28.2 Å². The third-order valence-corrected chi connectivity index (χ3v) is 9.56. The number of ether oxygens (including phenoxy) is 3. The van der Waals surface area contributed by atoms with Crippen molar-refractivity contribution in [3.63, 3.8) is 0 Å². The number of nitrogens with zero attached hydrogens (tertiary/aromatic N) is 2. The molecule has 0 aromatic heterocycles. The molecule has 3 N–H and O–H groups in total. The van der Waals surface area contributed by atoms with Gasteiger partial charge in [0.25, 0.3) is 0 Å². The molecule has 242 valence electrons. The van der Waals surface area contributed by atoms with Crippen LogP contribution in [0.1, 0.15) is 19.4 Å². The summed E-state index contributed by atoms with van der Waals surface area (Å²) in [6.45, 7) is 3.63. The number of carbonyl (C=O) groups is 2. The largest absolute Gasteiger partial charge is 0.497 e. The number of anilines is 2. The molecular weight excluding hydrogens is 600 g/mol. The summed E-state index contributed by atoms with van der Waals surface area (Å²) in [4.78, 5) is 27.9. The molecule has 1 heterocycles. The van der Waals surface area contributed by atoms with Crippen LogP contribution >= 0.6 is 0 Å². The average Bonchev–Trinajstić information content (AvgIpc) is 3.08. The number of carbonyl (C=O) groups excluding carboxylic acids is 2. The molecule has 12 nitrogen and oxygen atoms in total. The predicted molar refractivity (Wildman–Crippen MR) is 170 cm³/mol. The van der Waals surface area contributed by atoms with Gasteiger partial charge in [0.1, 0.15) is 23.4 Å². The van der Waals surface area contributed by atoms with Gasteiger partial charge in [0.05, 0.1) is 44.7 Å². The molecule has 1 aliphatic heterocycles. The molecule has 0 aliphatic carbocycles. The second-order valence-corrected chi connectivity index (χ2v) is 13.0. The number of fused-ring (bicyclic) bond motifs is 1. The Morgan fingerprint density at radius 2 is 1.60 bits per heavy atom. The normalized spacial score (nSPS) is 17.7. The third-order valence-electron chi connectivity index (χ3n) is 7.73. The van der Waals surface area contributed by atoms with Crippen molar-refractivity contribution in [1.29, 1.82) is 0 Å². The number of urea groups is 1. The van der Waals surface area contributed by atoms with Crippen molar-refractivity contribution >= 4 is 33.3 Å². The van der Waals surface area contributed by atoms with Crippen molar-refractivity contribution < 1.29 is 37.3 Å². The molecule has 1 aliphatic rings. The van der Waals surface area contributed by atoms with Crippen molar-refractivity contribution in [1.82, 2.24) is 9.21 Å². The maximum atomic E-state index is 13.5. The van der Waals surface area contributed by atoms with E-state index in [0.29, 0.717) is 34.2 Å². The van der Waals surface area contributed by atoms with Crippen LogP contribution in [0, 0.1) is 5.92 Å². The predicted octanol–water partition coefficient (Wildman–Crippen LogP) is 3.82. The van der Waals surface area contributed by atoms with E-state index in [1.165, 1.54) is 30.6 Å². The Morgan fingerprint density at radius 1 is 1.02 bits per heavy atom. The van der Waals surface area contributed by atoms with Crippen LogP contribution in [0.5, 0.6) is 17.2 Å². The molecule has 13 heteroatoms. The van der Waals surface area contributed by atoms with Gasteiger partial charge in [-0.2, -0.15) is 4.31 Å². The summed E-state index contributed by atoms with van der Waals surface area (Å²) >= 11 is 0. The van der Waals surface area contributed by atoms with Crippen LogP contribution < -0.4 is 24.8 Å². The summed E-state index contributed by atoms with van der Waals surface area (Å²) in [5, 5.41) is 15.4. The van der Waals surface area contributed by atoms with Gasteiger partial charge in [-0.05, 0) is 73.7 Å². The molecule has 0 spiro atoms. The molecule has 3 aromatic rings. The number of benzene rings is 3. The molecular formula is C32H40N4O8S.